The van der Waals surface area contributed by atoms with Gasteiger partial charge < -0.3 is 10.1 Å². The van der Waals surface area contributed by atoms with Crippen molar-refractivity contribution in [3.05, 3.63) is 30.4 Å². The number of ether oxygens (including phenoxy) is 1. The van der Waals surface area contributed by atoms with Crippen LogP contribution in [0.15, 0.2) is 24.5 Å². The van der Waals surface area contributed by atoms with Gasteiger partial charge in [0.25, 0.3) is 0 Å². The van der Waals surface area contributed by atoms with Gasteiger partial charge in [-0.3, -0.25) is 4.98 Å². The Morgan fingerprint density at radius 2 is 2.10 bits per heavy atom. The van der Waals surface area contributed by atoms with Gasteiger partial charge in [0, 0.05) is 30.3 Å². The molecule has 1 saturated carbocycles. The SMILES string of the molecule is CCCNc1cc(-c2cncc(OC)c2)nc(C2CC2)n1. The van der Waals surface area contributed by atoms with E-state index in [1.807, 2.05) is 18.3 Å². The van der Waals surface area contributed by atoms with Crippen molar-refractivity contribution < 1.29 is 4.74 Å². The van der Waals surface area contributed by atoms with Gasteiger partial charge in [-0.25, -0.2) is 9.97 Å². The standard InChI is InChI=1S/C16H20N4O/c1-3-6-18-15-8-14(19-16(20-15)11-4-5-11)12-7-13(21-2)10-17-9-12/h7-11H,3-6H2,1-2H3,(H,18,19,20). The average molecular weight is 284 g/mol. The maximum Gasteiger partial charge on any atom is 0.137 e. The van der Waals surface area contributed by atoms with Gasteiger partial charge in [-0.05, 0) is 25.3 Å². The van der Waals surface area contributed by atoms with Gasteiger partial charge in [0.15, 0.2) is 0 Å². The number of pyridine rings is 1. The highest BCUT2D eigenvalue weighted by molar-refractivity contribution is 5.63. The Balaban J connectivity index is 1.97. The molecule has 0 radical (unpaired) electrons. The lowest BCUT2D eigenvalue weighted by molar-refractivity contribution is 0.413. The van der Waals surface area contributed by atoms with Gasteiger partial charge in [-0.2, -0.15) is 0 Å². The Hall–Kier alpha value is -2.17. The number of hydrogen-bond acceptors (Lipinski definition) is 5. The minimum Gasteiger partial charge on any atom is -0.495 e. The van der Waals surface area contributed by atoms with Crippen molar-refractivity contribution in [3.8, 4) is 17.0 Å². The monoisotopic (exact) mass is 284 g/mol. The van der Waals surface area contributed by atoms with E-state index in [2.05, 4.69) is 22.2 Å². The minimum absolute atomic E-state index is 0.519. The first-order valence-electron chi connectivity index (χ1n) is 7.42. The van der Waals surface area contributed by atoms with Crippen molar-refractivity contribution in [1.82, 2.24) is 15.0 Å². The fourth-order valence-corrected chi connectivity index (χ4v) is 2.15. The molecule has 5 nitrogen and oxygen atoms in total. The molecular formula is C16H20N4O. The van der Waals surface area contributed by atoms with Crippen molar-refractivity contribution in [3.63, 3.8) is 0 Å². The van der Waals surface area contributed by atoms with Crippen LogP contribution < -0.4 is 10.1 Å². The number of aromatic nitrogens is 3. The lowest BCUT2D eigenvalue weighted by Gasteiger charge is -2.10. The third-order valence-electron chi connectivity index (χ3n) is 3.49. The molecule has 2 aromatic heterocycles. The van der Waals surface area contributed by atoms with Crippen molar-refractivity contribution in [2.45, 2.75) is 32.1 Å². The van der Waals surface area contributed by atoms with Crippen LogP contribution in [0.2, 0.25) is 0 Å². The second-order valence-corrected chi connectivity index (χ2v) is 5.31. The summed E-state index contributed by atoms with van der Waals surface area (Å²) in [6.07, 6.45) is 6.95. The highest BCUT2D eigenvalue weighted by Gasteiger charge is 2.27. The highest BCUT2D eigenvalue weighted by atomic mass is 16.5. The smallest absolute Gasteiger partial charge is 0.137 e. The first-order valence-corrected chi connectivity index (χ1v) is 7.42. The van der Waals surface area contributed by atoms with E-state index in [-0.39, 0.29) is 0 Å². The van der Waals surface area contributed by atoms with Gasteiger partial charge in [0.2, 0.25) is 0 Å². The quantitative estimate of drug-likeness (QED) is 0.882. The molecule has 0 aliphatic heterocycles. The Morgan fingerprint density at radius 1 is 1.24 bits per heavy atom. The Kier molecular flexibility index (Phi) is 3.99. The van der Waals surface area contributed by atoms with Gasteiger partial charge >= 0.3 is 0 Å². The lowest BCUT2D eigenvalue weighted by Crippen LogP contribution is -2.05. The number of anilines is 1. The molecular weight excluding hydrogens is 264 g/mol. The summed E-state index contributed by atoms with van der Waals surface area (Å²) in [7, 11) is 1.64. The molecule has 0 spiro atoms. The van der Waals surface area contributed by atoms with Gasteiger partial charge in [0.1, 0.15) is 17.4 Å². The van der Waals surface area contributed by atoms with Gasteiger partial charge in [-0.1, -0.05) is 6.92 Å². The Labute approximate surface area is 124 Å². The van der Waals surface area contributed by atoms with Crippen LogP contribution in [-0.4, -0.2) is 28.6 Å². The van der Waals surface area contributed by atoms with E-state index in [1.165, 1.54) is 12.8 Å². The Morgan fingerprint density at radius 3 is 2.81 bits per heavy atom. The highest BCUT2D eigenvalue weighted by Crippen LogP contribution is 2.39. The van der Waals surface area contributed by atoms with Crippen molar-refractivity contribution >= 4 is 5.82 Å². The summed E-state index contributed by atoms with van der Waals surface area (Å²) >= 11 is 0. The lowest BCUT2D eigenvalue weighted by atomic mass is 10.2. The second-order valence-electron chi connectivity index (χ2n) is 5.31. The van der Waals surface area contributed by atoms with E-state index in [0.29, 0.717) is 5.92 Å². The number of hydrogen-bond donors (Lipinski definition) is 1. The molecule has 0 saturated heterocycles. The van der Waals surface area contributed by atoms with Crippen LogP contribution in [0.5, 0.6) is 5.75 Å². The fraction of sp³-hybridized carbons (Fsp3) is 0.438. The third-order valence-corrected chi connectivity index (χ3v) is 3.49. The zero-order chi connectivity index (χ0) is 14.7. The molecule has 5 heteroatoms. The van der Waals surface area contributed by atoms with Crippen LogP contribution in [-0.2, 0) is 0 Å². The molecule has 21 heavy (non-hydrogen) atoms. The first kappa shape index (κ1) is 13.8. The number of methoxy groups -OCH3 is 1. The summed E-state index contributed by atoms with van der Waals surface area (Å²) < 4.78 is 5.24. The van der Waals surface area contributed by atoms with Crippen molar-refractivity contribution in [1.29, 1.82) is 0 Å². The van der Waals surface area contributed by atoms with Crippen LogP contribution in [0.4, 0.5) is 5.82 Å². The maximum absolute atomic E-state index is 5.24. The molecule has 0 amide bonds. The zero-order valence-corrected chi connectivity index (χ0v) is 12.5. The van der Waals surface area contributed by atoms with Gasteiger partial charge in [-0.15, -0.1) is 0 Å². The molecule has 0 atom stereocenters. The maximum atomic E-state index is 5.24. The Bertz CT molecular complexity index is 625. The zero-order valence-electron chi connectivity index (χ0n) is 12.5. The van der Waals surface area contributed by atoms with Crippen LogP contribution in [0, 0.1) is 0 Å². The van der Waals surface area contributed by atoms with Crippen LogP contribution in [0.25, 0.3) is 11.3 Å². The van der Waals surface area contributed by atoms with E-state index in [0.717, 1.165) is 41.6 Å². The number of rotatable bonds is 6. The van der Waals surface area contributed by atoms with Gasteiger partial charge in [0.05, 0.1) is 19.0 Å². The fourth-order valence-electron chi connectivity index (χ4n) is 2.15. The van der Waals surface area contributed by atoms with E-state index >= 15 is 0 Å². The molecule has 0 bridgehead atoms. The molecule has 1 aliphatic rings. The summed E-state index contributed by atoms with van der Waals surface area (Å²) in [6, 6.07) is 3.94. The predicted octanol–water partition coefficient (Wildman–Crippen LogP) is 3.25. The molecule has 2 aromatic rings. The summed E-state index contributed by atoms with van der Waals surface area (Å²) in [5.74, 6) is 3.09. The molecule has 1 fully saturated rings. The van der Waals surface area contributed by atoms with Crippen molar-refractivity contribution in [2.75, 3.05) is 19.0 Å². The van der Waals surface area contributed by atoms with Crippen LogP contribution in [0.3, 0.4) is 0 Å². The normalized spacial score (nSPS) is 14.0. The molecule has 2 heterocycles. The topological polar surface area (TPSA) is 59.9 Å². The van der Waals surface area contributed by atoms with Crippen LogP contribution >= 0.6 is 0 Å². The molecule has 1 N–H and O–H groups in total. The molecule has 110 valence electrons. The van der Waals surface area contributed by atoms with E-state index in [9.17, 15) is 0 Å². The summed E-state index contributed by atoms with van der Waals surface area (Å²) in [4.78, 5) is 13.5. The van der Waals surface area contributed by atoms with E-state index in [4.69, 9.17) is 9.72 Å². The van der Waals surface area contributed by atoms with E-state index < -0.39 is 0 Å². The summed E-state index contributed by atoms with van der Waals surface area (Å²) in [6.45, 7) is 3.06. The van der Waals surface area contributed by atoms with E-state index in [1.54, 1.807) is 13.3 Å². The van der Waals surface area contributed by atoms with Crippen molar-refractivity contribution in [2.24, 2.45) is 0 Å². The summed E-state index contributed by atoms with van der Waals surface area (Å²) in [5.41, 5.74) is 1.86. The molecule has 0 aromatic carbocycles. The third kappa shape index (κ3) is 3.29. The second kappa shape index (κ2) is 6.08. The number of nitrogens with zero attached hydrogens (tertiary/aromatic N) is 3. The number of nitrogens with one attached hydrogen (secondary N) is 1. The summed E-state index contributed by atoms with van der Waals surface area (Å²) in [5, 5.41) is 3.35. The largest absolute Gasteiger partial charge is 0.495 e. The first-order chi connectivity index (χ1) is 10.3. The molecule has 3 rings (SSSR count). The molecule has 1 aliphatic carbocycles. The molecule has 0 unspecified atom stereocenters. The predicted molar refractivity (Wildman–Crippen MR) is 82.6 cm³/mol. The minimum atomic E-state index is 0.519. The average Bonchev–Trinajstić information content (AvgIpc) is 3.37. The van der Waals surface area contributed by atoms with Crippen LogP contribution in [0.1, 0.15) is 37.9 Å².